The van der Waals surface area contributed by atoms with Crippen molar-refractivity contribution in [3.63, 3.8) is 0 Å². The first kappa shape index (κ1) is 20.8. The second-order valence-corrected chi connectivity index (χ2v) is 8.36. The Hall–Kier alpha value is -3.10. The maximum absolute atomic E-state index is 13.6. The van der Waals surface area contributed by atoms with Gasteiger partial charge in [0.1, 0.15) is 0 Å². The van der Waals surface area contributed by atoms with E-state index in [0.29, 0.717) is 12.3 Å². The summed E-state index contributed by atoms with van der Waals surface area (Å²) in [7, 11) is 0. The minimum absolute atomic E-state index is 0.227. The first-order valence-electron chi connectivity index (χ1n) is 10.6. The number of rotatable bonds is 5. The Balaban J connectivity index is 1.24. The molecular weight excluding hydrogens is 414 g/mol. The largest absolute Gasteiger partial charge is 0.365 e. The van der Waals surface area contributed by atoms with Gasteiger partial charge in [0.25, 0.3) is 0 Å². The summed E-state index contributed by atoms with van der Waals surface area (Å²) < 4.78 is 32.9. The topological polar surface area (TPSA) is 67.7 Å². The van der Waals surface area contributed by atoms with Gasteiger partial charge in [-0.25, -0.2) is 8.78 Å². The summed E-state index contributed by atoms with van der Waals surface area (Å²) in [6.45, 7) is 3.16. The minimum atomic E-state index is -1.01. The van der Waals surface area contributed by atoms with Gasteiger partial charge in [-0.3, -0.25) is 14.9 Å². The lowest BCUT2D eigenvalue weighted by Gasteiger charge is -2.39. The van der Waals surface area contributed by atoms with Crippen LogP contribution in [0.15, 0.2) is 60.2 Å². The molecule has 0 N–H and O–H groups in total. The molecular formula is C24H22F2N4O2. The van der Waals surface area contributed by atoms with Gasteiger partial charge < -0.3 is 4.74 Å². The molecule has 1 atom stereocenters. The number of pyridine rings is 2. The molecule has 6 nitrogen and oxygen atoms in total. The Morgan fingerprint density at radius 2 is 1.94 bits per heavy atom. The third-order valence-corrected chi connectivity index (χ3v) is 6.47. The summed E-state index contributed by atoms with van der Waals surface area (Å²) in [5.74, 6) is -1.98. The van der Waals surface area contributed by atoms with E-state index in [1.807, 2.05) is 24.5 Å². The van der Waals surface area contributed by atoms with Crippen LogP contribution in [0.2, 0.25) is 0 Å². The molecule has 0 saturated carbocycles. The van der Waals surface area contributed by atoms with Crippen LogP contribution < -0.4 is 0 Å². The molecule has 2 aliphatic rings. The average Bonchev–Trinajstić information content (AvgIpc) is 3.18. The van der Waals surface area contributed by atoms with Crippen molar-refractivity contribution in [2.75, 3.05) is 13.1 Å². The lowest BCUT2D eigenvalue weighted by Crippen LogP contribution is -2.42. The molecule has 1 unspecified atom stereocenters. The molecule has 0 amide bonds. The highest BCUT2D eigenvalue weighted by molar-refractivity contribution is 5.33. The van der Waals surface area contributed by atoms with Gasteiger partial charge in [-0.05, 0) is 53.8 Å². The zero-order valence-corrected chi connectivity index (χ0v) is 17.4. The lowest BCUT2D eigenvalue weighted by molar-refractivity contribution is -0.0800. The second kappa shape index (κ2) is 8.44. The van der Waals surface area contributed by atoms with E-state index in [9.17, 15) is 13.7 Å². The first-order valence-corrected chi connectivity index (χ1v) is 10.6. The number of hydrogen-bond acceptors (Lipinski definition) is 6. The molecule has 5 rings (SSSR count). The van der Waals surface area contributed by atoms with Gasteiger partial charge in [0.05, 0.1) is 17.9 Å². The van der Waals surface area contributed by atoms with Crippen LogP contribution in [0.3, 0.4) is 0 Å². The summed E-state index contributed by atoms with van der Waals surface area (Å²) in [5.41, 5.74) is 3.90. The highest BCUT2D eigenvalue weighted by Gasteiger charge is 2.42. The first-order chi connectivity index (χ1) is 15.6. The Morgan fingerprint density at radius 1 is 1.09 bits per heavy atom. The SMILES string of the molecule is O=NC(c1ccc(F)c(F)c1)c1ccc(CN2CCC3(CC2)OCc2ccncc23)cn1. The van der Waals surface area contributed by atoms with E-state index < -0.39 is 17.7 Å². The molecule has 0 bridgehead atoms. The van der Waals surface area contributed by atoms with Gasteiger partial charge in [-0.1, -0.05) is 17.3 Å². The highest BCUT2D eigenvalue weighted by Crippen LogP contribution is 2.43. The molecule has 3 aromatic rings. The number of nitroso groups, excluding NO2 is 1. The van der Waals surface area contributed by atoms with Gasteiger partial charge >= 0.3 is 0 Å². The van der Waals surface area contributed by atoms with Crippen molar-refractivity contribution >= 4 is 0 Å². The Labute approximate surface area is 184 Å². The van der Waals surface area contributed by atoms with Crippen LogP contribution in [0.5, 0.6) is 0 Å². The minimum Gasteiger partial charge on any atom is -0.365 e. The Morgan fingerprint density at radius 3 is 2.66 bits per heavy atom. The van der Waals surface area contributed by atoms with Crippen LogP contribution in [0.4, 0.5) is 8.78 Å². The molecule has 1 aromatic carbocycles. The van der Waals surface area contributed by atoms with E-state index >= 15 is 0 Å². The molecule has 1 saturated heterocycles. The number of likely N-dealkylation sites (tertiary alicyclic amines) is 1. The van der Waals surface area contributed by atoms with E-state index in [1.54, 1.807) is 12.3 Å². The molecule has 8 heteroatoms. The number of fused-ring (bicyclic) bond motifs is 2. The number of piperidine rings is 1. The Bertz CT molecular complexity index is 1130. The smallest absolute Gasteiger partial charge is 0.159 e. The van der Waals surface area contributed by atoms with Crippen LogP contribution in [-0.4, -0.2) is 28.0 Å². The van der Waals surface area contributed by atoms with Crippen molar-refractivity contribution in [2.24, 2.45) is 5.18 Å². The van der Waals surface area contributed by atoms with Crippen LogP contribution in [0.25, 0.3) is 0 Å². The monoisotopic (exact) mass is 436 g/mol. The van der Waals surface area contributed by atoms with Crippen LogP contribution in [0, 0.1) is 16.5 Å². The van der Waals surface area contributed by atoms with Gasteiger partial charge in [0, 0.05) is 43.8 Å². The maximum atomic E-state index is 13.6. The van der Waals surface area contributed by atoms with Crippen molar-refractivity contribution in [3.05, 3.63) is 99.5 Å². The molecule has 164 valence electrons. The van der Waals surface area contributed by atoms with Crippen molar-refractivity contribution < 1.29 is 13.5 Å². The fourth-order valence-electron chi connectivity index (χ4n) is 4.66. The summed E-state index contributed by atoms with van der Waals surface area (Å²) in [5, 5.41) is 3.07. The van der Waals surface area contributed by atoms with E-state index in [1.165, 1.54) is 17.2 Å². The number of hydrogen-bond donors (Lipinski definition) is 0. The number of nitrogens with zero attached hydrogens (tertiary/aromatic N) is 4. The summed E-state index contributed by atoms with van der Waals surface area (Å²) in [6, 6.07) is 7.99. The molecule has 2 aromatic heterocycles. The number of aromatic nitrogens is 2. The van der Waals surface area contributed by atoms with Crippen molar-refractivity contribution in [2.45, 2.75) is 37.6 Å². The molecule has 0 radical (unpaired) electrons. The average molecular weight is 436 g/mol. The summed E-state index contributed by atoms with van der Waals surface area (Å²) in [4.78, 5) is 22.4. The van der Waals surface area contributed by atoms with E-state index in [0.717, 1.165) is 50.2 Å². The zero-order valence-electron chi connectivity index (χ0n) is 17.4. The third kappa shape index (κ3) is 3.80. The molecule has 0 aliphatic carbocycles. The van der Waals surface area contributed by atoms with Crippen molar-refractivity contribution in [1.82, 2.24) is 14.9 Å². The van der Waals surface area contributed by atoms with E-state index in [-0.39, 0.29) is 11.2 Å². The zero-order chi connectivity index (χ0) is 22.1. The fourth-order valence-corrected chi connectivity index (χ4v) is 4.66. The molecule has 1 fully saturated rings. The molecule has 32 heavy (non-hydrogen) atoms. The van der Waals surface area contributed by atoms with Crippen LogP contribution in [0.1, 0.15) is 46.8 Å². The fraction of sp³-hybridized carbons (Fsp3) is 0.333. The maximum Gasteiger partial charge on any atom is 0.159 e. The van der Waals surface area contributed by atoms with E-state index in [4.69, 9.17) is 4.74 Å². The molecule has 4 heterocycles. The van der Waals surface area contributed by atoms with E-state index in [2.05, 4.69) is 20.0 Å². The molecule has 1 spiro atoms. The third-order valence-electron chi connectivity index (χ3n) is 6.47. The number of ether oxygens (including phenoxy) is 1. The number of benzene rings is 1. The lowest BCUT2D eigenvalue weighted by atomic mass is 9.84. The standard InChI is InChI=1S/C24H22F2N4O2/c25-20-3-2-17(11-21(20)26)23(29-31)22-4-1-16(12-28-22)14-30-9-6-24(7-10-30)19-13-27-8-5-18(19)15-32-24/h1-5,8,11-13,23H,6-7,9-10,14-15H2. The van der Waals surface area contributed by atoms with Gasteiger partial charge in [0.15, 0.2) is 17.7 Å². The van der Waals surface area contributed by atoms with Gasteiger partial charge in [-0.2, -0.15) is 0 Å². The number of halogens is 2. The highest BCUT2D eigenvalue weighted by atomic mass is 19.2. The van der Waals surface area contributed by atoms with Crippen molar-refractivity contribution in [3.8, 4) is 0 Å². The summed E-state index contributed by atoms with van der Waals surface area (Å²) in [6.07, 6.45) is 7.27. The predicted molar refractivity (Wildman–Crippen MR) is 113 cm³/mol. The van der Waals surface area contributed by atoms with Gasteiger partial charge in [0.2, 0.25) is 0 Å². The van der Waals surface area contributed by atoms with Crippen molar-refractivity contribution in [1.29, 1.82) is 0 Å². The van der Waals surface area contributed by atoms with Crippen LogP contribution >= 0.6 is 0 Å². The van der Waals surface area contributed by atoms with Crippen LogP contribution in [-0.2, 0) is 23.5 Å². The normalized spacial score (nSPS) is 18.4. The predicted octanol–water partition coefficient (Wildman–Crippen LogP) is 4.63. The Kier molecular flexibility index (Phi) is 5.48. The second-order valence-electron chi connectivity index (χ2n) is 8.36. The quantitative estimate of drug-likeness (QED) is 0.546. The molecule has 2 aliphatic heterocycles. The van der Waals surface area contributed by atoms with Gasteiger partial charge in [-0.15, -0.1) is 4.91 Å². The summed E-state index contributed by atoms with van der Waals surface area (Å²) >= 11 is 0.